The van der Waals surface area contributed by atoms with Crippen LogP contribution >= 0.6 is 0 Å². The van der Waals surface area contributed by atoms with Gasteiger partial charge in [0, 0.05) is 12.4 Å². The van der Waals surface area contributed by atoms with Crippen molar-refractivity contribution in [3.63, 3.8) is 0 Å². The van der Waals surface area contributed by atoms with Gasteiger partial charge in [0.2, 0.25) is 0 Å². The Bertz CT molecular complexity index is 4030. The summed E-state index contributed by atoms with van der Waals surface area (Å²) in [4.78, 5) is 55.1. The van der Waals surface area contributed by atoms with Gasteiger partial charge in [-0.2, -0.15) is 0 Å². The van der Waals surface area contributed by atoms with Crippen LogP contribution in [0.5, 0.6) is 0 Å². The first-order chi connectivity index (χ1) is 50.1. The molecule has 499 valence electrons. The van der Waals surface area contributed by atoms with Crippen molar-refractivity contribution in [3.05, 3.63) is 448 Å². The van der Waals surface area contributed by atoms with Crippen molar-refractivity contribution in [2.45, 2.75) is 12.8 Å². The summed E-state index contributed by atoms with van der Waals surface area (Å²) < 4.78 is 3.04. The maximum absolute atomic E-state index is 11.6. The quantitative estimate of drug-likeness (QED) is 0.0717. The first kappa shape index (κ1) is 72.6. The van der Waals surface area contributed by atoms with Gasteiger partial charge >= 0.3 is 59.3 Å². The summed E-state index contributed by atoms with van der Waals surface area (Å²) in [5.74, 6) is 0. The van der Waals surface area contributed by atoms with Crippen LogP contribution in [-0.4, -0.2) is 62.4 Å². The van der Waals surface area contributed by atoms with E-state index in [-0.39, 0.29) is 0 Å². The van der Waals surface area contributed by atoms with Crippen LogP contribution in [0.3, 0.4) is 0 Å². The third-order valence-corrected chi connectivity index (χ3v) is 32.5. The van der Waals surface area contributed by atoms with Crippen LogP contribution in [0.2, 0.25) is 0 Å². The molecule has 1 aliphatic rings. The molecule has 4 N–H and O–H groups in total. The summed E-state index contributed by atoms with van der Waals surface area (Å²) >= 11 is 1.85. The summed E-state index contributed by atoms with van der Waals surface area (Å²) in [7, 11) is -11.5. The monoisotopic (exact) mass is 1470 g/mol. The molecule has 6 nitrogen and oxygen atoms in total. The molecule has 15 aromatic rings. The number of aromatic nitrogens is 2. The molecule has 0 radical (unpaired) electrons. The fourth-order valence-corrected chi connectivity index (χ4v) is 25.1. The molecular formula is C91H79MoN2O4Si4. The van der Waals surface area contributed by atoms with Gasteiger partial charge in [0.15, 0.2) is 0 Å². The Kier molecular flexibility index (Phi) is 26.1. The molecule has 0 fully saturated rings. The van der Waals surface area contributed by atoms with Crippen LogP contribution in [0.4, 0.5) is 0 Å². The van der Waals surface area contributed by atoms with Crippen LogP contribution in [0.25, 0.3) is 11.4 Å². The zero-order valence-corrected chi connectivity index (χ0v) is 62.5. The van der Waals surface area contributed by atoms with E-state index in [1.807, 2.05) is 438 Å². The Balaban J connectivity index is 0.000000125. The molecule has 1 aliphatic carbocycles. The molecule has 16 rings (SSSR count). The molecule has 0 spiro atoms. The van der Waals surface area contributed by atoms with Crippen molar-refractivity contribution in [2.24, 2.45) is 0 Å². The zero-order chi connectivity index (χ0) is 70.6. The van der Waals surface area contributed by atoms with Crippen molar-refractivity contribution >= 4 is 95.5 Å². The summed E-state index contributed by atoms with van der Waals surface area (Å²) in [6.07, 6.45) is 5.84. The molecule has 0 bridgehead atoms. The third kappa shape index (κ3) is 17.7. The Morgan fingerprint density at radius 2 is 0.353 bits per heavy atom. The van der Waals surface area contributed by atoms with Gasteiger partial charge in [-0.1, -0.05) is 376 Å². The Hall–Kier alpha value is -10.7. The van der Waals surface area contributed by atoms with E-state index in [0.717, 1.165) is 92.0 Å². The van der Waals surface area contributed by atoms with E-state index >= 15 is 0 Å². The van der Waals surface area contributed by atoms with Gasteiger partial charge in [-0.3, -0.25) is 9.97 Å². The average Bonchev–Trinajstić information content (AvgIpc) is 0.795. The first-order valence-electron chi connectivity index (χ1n) is 34.0. The summed E-state index contributed by atoms with van der Waals surface area (Å²) in [6.45, 7) is 0. The topological polar surface area (TPSA) is 107 Å². The van der Waals surface area contributed by atoms with Gasteiger partial charge in [0.05, 0.1) is 11.4 Å². The number of benzene rings is 13. The summed E-state index contributed by atoms with van der Waals surface area (Å²) in [5, 5.41) is 12.1. The van der Waals surface area contributed by atoms with Crippen molar-refractivity contribution in [3.8, 4) is 15.6 Å². The molecule has 0 aliphatic heterocycles. The number of hydrogen-bond acceptors (Lipinski definition) is 6. The van der Waals surface area contributed by atoms with Gasteiger partial charge in [-0.25, -0.2) is 0 Å². The summed E-state index contributed by atoms with van der Waals surface area (Å²) in [6, 6.07) is 138. The van der Waals surface area contributed by atoms with Crippen LogP contribution < -0.4 is 62.2 Å². The van der Waals surface area contributed by atoms with Gasteiger partial charge in [-0.05, 0) is 98.3 Å². The molecular weight excluding hydrogens is 1390 g/mol. The van der Waals surface area contributed by atoms with Crippen molar-refractivity contribution in [1.82, 2.24) is 9.97 Å². The smallest absolute Gasteiger partial charge is 0.0920 e. The van der Waals surface area contributed by atoms with Gasteiger partial charge in [-0.15, -0.1) is 0 Å². The first-order valence-corrected chi connectivity index (χ1v) is 42.8. The Morgan fingerprint density at radius 3 is 0.490 bits per heavy atom. The maximum Gasteiger partial charge on any atom is 0.0920 e. The SMILES string of the molecule is O[Si](c1ccccc1)(c1ccccc1)c1ccccc1.O[Si](c1ccccc1)(c1ccccc1)c1ccccc1.O[Si](c1ccccc1)(c1ccccc1)c1ccccc1.O[Si](c1ccccc1)(c1ccccc1)c1ccccc1.[Mo]#[C]c1ccccc1.c1cnc2c(c1)CCc1cccnc1-2. The predicted molar refractivity (Wildman–Crippen MR) is 429 cm³/mol. The van der Waals surface area contributed by atoms with E-state index in [1.54, 1.807) is 0 Å². The minimum Gasteiger partial charge on any atom is -0.254 e. The Labute approximate surface area is 615 Å². The molecule has 0 unspecified atom stereocenters. The third-order valence-electron chi connectivity index (χ3n) is 17.9. The minimum absolute atomic E-state index is 1.01. The number of hydrogen-bond donors (Lipinski definition) is 4. The predicted octanol–water partition coefficient (Wildman–Crippen LogP) is 10.4. The largest absolute Gasteiger partial charge is 0.254 e. The Morgan fingerprint density at radius 1 is 0.206 bits per heavy atom. The van der Waals surface area contributed by atoms with Gasteiger partial charge in [0.25, 0.3) is 33.3 Å². The van der Waals surface area contributed by atoms with Crippen LogP contribution in [-0.2, 0) is 32.0 Å². The maximum atomic E-state index is 11.6. The molecule has 0 atom stereocenters. The number of pyridine rings is 2. The van der Waals surface area contributed by atoms with E-state index < -0.39 is 33.3 Å². The molecule has 2 aromatic heterocycles. The summed E-state index contributed by atoms with van der Waals surface area (Å²) in [5.41, 5.74) is 5.93. The minimum atomic E-state index is -2.88. The number of rotatable bonds is 12. The van der Waals surface area contributed by atoms with Crippen molar-refractivity contribution in [2.75, 3.05) is 0 Å². The second kappa shape index (κ2) is 36.6. The van der Waals surface area contributed by atoms with Gasteiger partial charge < -0.3 is 19.2 Å². The molecule has 102 heavy (non-hydrogen) atoms. The fraction of sp³-hybridized carbons (Fsp3) is 0.0220. The van der Waals surface area contributed by atoms with E-state index in [9.17, 15) is 19.2 Å². The van der Waals surface area contributed by atoms with Crippen LogP contribution in [0.1, 0.15) is 16.7 Å². The van der Waals surface area contributed by atoms with Crippen LogP contribution in [0.15, 0.2) is 431 Å². The second-order valence-corrected chi connectivity index (χ2v) is 37.3. The molecule has 0 saturated heterocycles. The number of nitrogens with zero attached hydrogens (tertiary/aromatic N) is 2. The molecule has 11 heteroatoms. The molecule has 2 heterocycles. The molecule has 0 saturated carbocycles. The van der Waals surface area contributed by atoms with E-state index in [4.69, 9.17) is 0 Å². The molecule has 13 aromatic carbocycles. The second-order valence-electron chi connectivity index (χ2n) is 24.2. The standard InChI is InChI=1S/4C18H16OSi.C12H10N2.C7H5.Mo/c4*19-20(16-10-4-1-5-11-16,17-12-6-2-7-13-17)18-14-8-3-9-15-18;1-3-9-5-6-10-4-2-8-14-12(10)11(9)13-7-1;1-7-5-3-2-4-6-7;/h4*1-15,19H;1-4,7-8H,5-6H2;2-6H;. The average molecular weight is 1470 g/mol. The van der Waals surface area contributed by atoms with Crippen molar-refractivity contribution in [1.29, 1.82) is 0 Å². The fourth-order valence-electron chi connectivity index (χ4n) is 12.6. The van der Waals surface area contributed by atoms with E-state index in [2.05, 4.69) is 26.3 Å². The van der Waals surface area contributed by atoms with Crippen molar-refractivity contribution < 1.29 is 38.3 Å². The van der Waals surface area contributed by atoms with E-state index in [1.165, 1.54) is 11.1 Å². The van der Waals surface area contributed by atoms with E-state index in [0.29, 0.717) is 0 Å². The number of fused-ring (bicyclic) bond motifs is 3. The molecule has 0 amide bonds. The zero-order valence-electron chi connectivity index (χ0n) is 56.5. The number of aryl methyl sites for hydroxylation is 2. The van der Waals surface area contributed by atoms with Gasteiger partial charge in [0.1, 0.15) is 0 Å². The van der Waals surface area contributed by atoms with Crippen LogP contribution in [0, 0.1) is 4.20 Å². The normalized spacial score (nSPS) is 11.2.